The van der Waals surface area contributed by atoms with E-state index in [2.05, 4.69) is 20.8 Å². The van der Waals surface area contributed by atoms with Crippen LogP contribution in [0.25, 0.3) is 0 Å². The molecule has 2 aliphatic rings. The number of carbonyl (C=O) groups is 1. The highest BCUT2D eigenvalue weighted by atomic mass is 79.9. The van der Waals surface area contributed by atoms with Crippen LogP contribution in [0.1, 0.15) is 32.1 Å². The average molecular weight is 246 g/mol. The Hall–Kier alpha value is -0.0500. The first kappa shape index (κ1) is 9.50. The van der Waals surface area contributed by atoms with E-state index in [9.17, 15) is 4.79 Å². The lowest BCUT2D eigenvalue weighted by atomic mass is 9.92. The number of likely N-dealkylation sites (tertiary alicyclic amines) is 1. The van der Waals surface area contributed by atoms with Crippen LogP contribution in [0.4, 0.5) is 0 Å². The minimum absolute atomic E-state index is 0.289. The quantitative estimate of drug-likeness (QED) is 0.649. The molecule has 1 saturated carbocycles. The van der Waals surface area contributed by atoms with Gasteiger partial charge >= 0.3 is 0 Å². The summed E-state index contributed by atoms with van der Waals surface area (Å²) in [5.41, 5.74) is 0. The van der Waals surface area contributed by atoms with Crippen LogP contribution in [0.3, 0.4) is 0 Å². The number of alkyl halides is 1. The van der Waals surface area contributed by atoms with Gasteiger partial charge in [-0.2, -0.15) is 0 Å². The summed E-state index contributed by atoms with van der Waals surface area (Å²) in [5, 5.41) is 0.496. The fourth-order valence-electron chi connectivity index (χ4n) is 2.84. The molecule has 0 radical (unpaired) electrons. The van der Waals surface area contributed by atoms with E-state index in [-0.39, 0.29) is 5.91 Å². The highest BCUT2D eigenvalue weighted by Gasteiger charge is 2.36. The predicted molar refractivity (Wildman–Crippen MR) is 55.9 cm³/mol. The second kappa shape index (κ2) is 3.99. The lowest BCUT2D eigenvalue weighted by Gasteiger charge is -2.37. The Balaban J connectivity index is 2.05. The van der Waals surface area contributed by atoms with Crippen LogP contribution in [0, 0.1) is 5.92 Å². The molecule has 2 fully saturated rings. The van der Waals surface area contributed by atoms with Crippen molar-refractivity contribution in [3.8, 4) is 0 Å². The van der Waals surface area contributed by atoms with Gasteiger partial charge in [0.05, 0.1) is 5.33 Å². The van der Waals surface area contributed by atoms with E-state index in [0.717, 1.165) is 12.5 Å². The van der Waals surface area contributed by atoms with Gasteiger partial charge in [-0.25, -0.2) is 0 Å². The summed E-state index contributed by atoms with van der Waals surface area (Å²) in [5.74, 6) is 1.10. The minimum Gasteiger partial charge on any atom is -0.339 e. The molecule has 1 aliphatic carbocycles. The molecule has 13 heavy (non-hydrogen) atoms. The van der Waals surface area contributed by atoms with Crippen LogP contribution in [0.5, 0.6) is 0 Å². The van der Waals surface area contributed by atoms with Gasteiger partial charge in [-0.15, -0.1) is 0 Å². The SMILES string of the molecule is O=C(CBr)N1CCCC2CCCC21. The lowest BCUT2D eigenvalue weighted by Crippen LogP contribution is -2.46. The Morgan fingerprint density at radius 1 is 1.31 bits per heavy atom. The first-order valence-corrected chi connectivity index (χ1v) is 6.30. The summed E-state index contributed by atoms with van der Waals surface area (Å²) in [4.78, 5) is 13.7. The predicted octanol–water partition coefficient (Wildman–Crippen LogP) is 2.17. The zero-order valence-corrected chi connectivity index (χ0v) is 9.42. The summed E-state index contributed by atoms with van der Waals surface area (Å²) in [7, 11) is 0. The molecule has 0 aromatic carbocycles. The first-order chi connectivity index (χ1) is 6.33. The number of piperidine rings is 1. The summed E-state index contributed by atoms with van der Waals surface area (Å²) in [6.07, 6.45) is 6.46. The third-order valence-corrected chi connectivity index (χ3v) is 3.91. The summed E-state index contributed by atoms with van der Waals surface area (Å²) in [6.45, 7) is 0.992. The van der Waals surface area contributed by atoms with Crippen LogP contribution in [-0.2, 0) is 4.79 Å². The van der Waals surface area contributed by atoms with Crippen molar-refractivity contribution in [2.45, 2.75) is 38.1 Å². The first-order valence-electron chi connectivity index (χ1n) is 5.18. The Morgan fingerprint density at radius 3 is 2.85 bits per heavy atom. The maximum atomic E-state index is 11.6. The topological polar surface area (TPSA) is 20.3 Å². The number of hydrogen-bond donors (Lipinski definition) is 0. The average Bonchev–Trinajstić information content (AvgIpc) is 2.63. The third kappa shape index (κ3) is 1.76. The Morgan fingerprint density at radius 2 is 2.08 bits per heavy atom. The third-order valence-electron chi connectivity index (χ3n) is 3.43. The van der Waals surface area contributed by atoms with Crippen molar-refractivity contribution in [2.75, 3.05) is 11.9 Å². The van der Waals surface area contributed by atoms with Gasteiger partial charge in [0, 0.05) is 12.6 Å². The number of nitrogens with zero attached hydrogens (tertiary/aromatic N) is 1. The Kier molecular flexibility index (Phi) is 2.92. The zero-order valence-electron chi connectivity index (χ0n) is 7.84. The maximum absolute atomic E-state index is 11.6. The molecule has 1 aliphatic heterocycles. The monoisotopic (exact) mass is 245 g/mol. The van der Waals surface area contributed by atoms with Crippen LogP contribution >= 0.6 is 15.9 Å². The van der Waals surface area contributed by atoms with E-state index in [4.69, 9.17) is 0 Å². The van der Waals surface area contributed by atoms with Crippen LogP contribution < -0.4 is 0 Å². The van der Waals surface area contributed by atoms with Crippen molar-refractivity contribution in [1.82, 2.24) is 4.90 Å². The number of amides is 1. The highest BCUT2D eigenvalue weighted by molar-refractivity contribution is 9.09. The van der Waals surface area contributed by atoms with Crippen LogP contribution in [-0.4, -0.2) is 28.7 Å². The standard InChI is InChI=1S/C10H16BrNO/c11-7-10(13)12-6-2-4-8-3-1-5-9(8)12/h8-9H,1-7H2. The van der Waals surface area contributed by atoms with E-state index in [1.165, 1.54) is 32.1 Å². The molecular formula is C10H16BrNO. The van der Waals surface area contributed by atoms with Gasteiger partial charge < -0.3 is 4.90 Å². The van der Waals surface area contributed by atoms with E-state index >= 15 is 0 Å². The fourth-order valence-corrected chi connectivity index (χ4v) is 3.16. The minimum atomic E-state index is 0.289. The summed E-state index contributed by atoms with van der Waals surface area (Å²) < 4.78 is 0. The molecule has 0 aromatic rings. The Labute approximate surface area is 87.8 Å². The molecule has 2 atom stereocenters. The lowest BCUT2D eigenvalue weighted by molar-refractivity contribution is -0.132. The summed E-state index contributed by atoms with van der Waals surface area (Å²) in [6, 6.07) is 0.582. The number of rotatable bonds is 1. The molecule has 74 valence electrons. The molecule has 1 amide bonds. The number of halogens is 1. The molecule has 0 aromatic heterocycles. The van der Waals surface area contributed by atoms with Gasteiger partial charge in [0.1, 0.15) is 0 Å². The van der Waals surface area contributed by atoms with Gasteiger partial charge in [-0.1, -0.05) is 22.4 Å². The highest BCUT2D eigenvalue weighted by Crippen LogP contribution is 2.36. The van der Waals surface area contributed by atoms with Crippen molar-refractivity contribution in [2.24, 2.45) is 5.92 Å². The van der Waals surface area contributed by atoms with Crippen molar-refractivity contribution in [3.05, 3.63) is 0 Å². The molecule has 0 spiro atoms. The number of carbonyl (C=O) groups excluding carboxylic acids is 1. The van der Waals surface area contributed by atoms with Crippen molar-refractivity contribution < 1.29 is 4.79 Å². The molecule has 2 rings (SSSR count). The van der Waals surface area contributed by atoms with E-state index in [1.807, 2.05) is 0 Å². The van der Waals surface area contributed by atoms with Gasteiger partial charge in [0.25, 0.3) is 0 Å². The molecule has 2 nitrogen and oxygen atoms in total. The van der Waals surface area contributed by atoms with E-state index < -0.39 is 0 Å². The van der Waals surface area contributed by atoms with Gasteiger partial charge in [0.2, 0.25) is 5.91 Å². The van der Waals surface area contributed by atoms with Crippen LogP contribution in [0.15, 0.2) is 0 Å². The Bertz CT molecular complexity index is 207. The number of fused-ring (bicyclic) bond motifs is 1. The van der Waals surface area contributed by atoms with Crippen molar-refractivity contribution in [1.29, 1.82) is 0 Å². The molecule has 0 bridgehead atoms. The number of hydrogen-bond acceptors (Lipinski definition) is 1. The molecule has 1 saturated heterocycles. The molecule has 2 unspecified atom stereocenters. The second-order valence-electron chi connectivity index (χ2n) is 4.12. The second-order valence-corrected chi connectivity index (χ2v) is 4.68. The molecule has 3 heteroatoms. The smallest absolute Gasteiger partial charge is 0.233 e. The molecule has 1 heterocycles. The normalized spacial score (nSPS) is 33.2. The van der Waals surface area contributed by atoms with Crippen molar-refractivity contribution >= 4 is 21.8 Å². The molecule has 0 N–H and O–H groups in total. The van der Waals surface area contributed by atoms with Gasteiger partial charge in [-0.05, 0) is 31.6 Å². The van der Waals surface area contributed by atoms with Gasteiger partial charge in [-0.3, -0.25) is 4.79 Å². The zero-order chi connectivity index (χ0) is 9.26. The van der Waals surface area contributed by atoms with Crippen LogP contribution in [0.2, 0.25) is 0 Å². The maximum Gasteiger partial charge on any atom is 0.233 e. The summed E-state index contributed by atoms with van der Waals surface area (Å²) >= 11 is 3.26. The fraction of sp³-hybridized carbons (Fsp3) is 0.900. The van der Waals surface area contributed by atoms with E-state index in [1.54, 1.807) is 0 Å². The largest absolute Gasteiger partial charge is 0.339 e. The molecular weight excluding hydrogens is 230 g/mol. The van der Waals surface area contributed by atoms with Crippen molar-refractivity contribution in [3.63, 3.8) is 0 Å². The van der Waals surface area contributed by atoms with E-state index in [0.29, 0.717) is 11.4 Å². The van der Waals surface area contributed by atoms with Gasteiger partial charge in [0.15, 0.2) is 0 Å².